The van der Waals surface area contributed by atoms with Crippen LogP contribution in [-0.2, 0) is 0 Å². The molecule has 2 N–H and O–H groups in total. The first-order chi connectivity index (χ1) is 8.19. The van der Waals surface area contributed by atoms with Gasteiger partial charge in [0.05, 0.1) is 22.9 Å². The number of hydrogen-bond donors (Lipinski definition) is 2. The quantitative estimate of drug-likeness (QED) is 0.653. The van der Waals surface area contributed by atoms with Crippen LogP contribution in [0.15, 0.2) is 24.3 Å². The van der Waals surface area contributed by atoms with Crippen LogP contribution in [0.2, 0.25) is 0 Å². The minimum absolute atomic E-state index is 0.186. The van der Waals surface area contributed by atoms with Crippen molar-refractivity contribution in [3.8, 4) is 0 Å². The van der Waals surface area contributed by atoms with Gasteiger partial charge in [-0.1, -0.05) is 17.4 Å². The van der Waals surface area contributed by atoms with Crippen molar-refractivity contribution in [2.75, 3.05) is 8.85 Å². The maximum atomic E-state index is 11.9. The monoisotopic (exact) mass is 360 g/mol. The second kappa shape index (κ2) is 5.41. The first-order valence-electron chi connectivity index (χ1n) is 4.77. The Bertz CT molecular complexity index is 543. The first kappa shape index (κ1) is 12.2. The molecule has 0 aliphatic carbocycles. The van der Waals surface area contributed by atoms with Crippen LogP contribution in [0.25, 0.3) is 0 Å². The fraction of sp³-hybridized carbons (Fsp3) is 0.100. The van der Waals surface area contributed by atoms with Crippen molar-refractivity contribution in [2.24, 2.45) is 0 Å². The van der Waals surface area contributed by atoms with Gasteiger partial charge in [-0.2, -0.15) is 0 Å². The normalized spacial score (nSPS) is 10.0. The van der Waals surface area contributed by atoms with E-state index in [9.17, 15) is 4.79 Å². The Balaban J connectivity index is 2.14. The Morgan fingerprint density at radius 1 is 1.41 bits per heavy atom. The molecule has 1 amide bonds. The van der Waals surface area contributed by atoms with Crippen LogP contribution in [0.5, 0.6) is 0 Å². The fourth-order valence-corrected chi connectivity index (χ4v) is 2.16. The van der Waals surface area contributed by atoms with Crippen molar-refractivity contribution in [2.45, 2.75) is 6.92 Å². The molecule has 0 bridgehead atoms. The largest absolute Gasteiger partial charge is 0.328 e. The second-order valence-electron chi connectivity index (χ2n) is 3.26. The van der Waals surface area contributed by atoms with Gasteiger partial charge in [0.2, 0.25) is 5.13 Å². The minimum atomic E-state index is -0.186. The lowest BCUT2D eigenvalue weighted by atomic mass is 10.2. The summed E-state index contributed by atoms with van der Waals surface area (Å²) in [6.45, 7) is 1.84. The summed E-state index contributed by atoms with van der Waals surface area (Å²) in [5.74, 6) is -0.186. The van der Waals surface area contributed by atoms with Crippen LogP contribution in [0, 0.1) is 6.92 Å². The van der Waals surface area contributed by atoms with Gasteiger partial charge >= 0.3 is 0 Å². The second-order valence-corrected chi connectivity index (χ2v) is 4.98. The summed E-state index contributed by atoms with van der Waals surface area (Å²) >= 11 is 3.37. The fourth-order valence-electron chi connectivity index (χ4n) is 1.24. The van der Waals surface area contributed by atoms with E-state index in [1.165, 1.54) is 11.3 Å². The molecule has 0 unspecified atom stereocenters. The lowest BCUT2D eigenvalue weighted by Gasteiger charge is -2.03. The summed E-state index contributed by atoms with van der Waals surface area (Å²) in [4.78, 5) is 11.9. The summed E-state index contributed by atoms with van der Waals surface area (Å²) in [7, 11) is 0. The van der Waals surface area contributed by atoms with E-state index in [-0.39, 0.29) is 5.91 Å². The number of nitrogens with zero attached hydrogens (tertiary/aromatic N) is 2. The SMILES string of the molecule is Cc1nnc(NC(=O)c2cccc(NI)c2)s1. The van der Waals surface area contributed by atoms with Crippen molar-refractivity contribution < 1.29 is 4.79 Å². The van der Waals surface area contributed by atoms with Crippen LogP contribution in [0.4, 0.5) is 10.8 Å². The number of aryl methyl sites for hydroxylation is 1. The molecule has 2 rings (SSSR count). The van der Waals surface area contributed by atoms with E-state index < -0.39 is 0 Å². The summed E-state index contributed by atoms with van der Waals surface area (Å²) in [5, 5.41) is 11.7. The number of anilines is 2. The predicted molar refractivity (Wildman–Crippen MR) is 76.7 cm³/mol. The lowest BCUT2D eigenvalue weighted by Crippen LogP contribution is -2.11. The number of hydrogen-bond acceptors (Lipinski definition) is 5. The van der Waals surface area contributed by atoms with E-state index in [1.807, 2.05) is 41.9 Å². The molecule has 0 radical (unpaired) electrons. The smallest absolute Gasteiger partial charge is 0.257 e. The third-order valence-corrected chi connectivity index (χ3v) is 3.36. The van der Waals surface area contributed by atoms with Gasteiger partial charge < -0.3 is 3.53 Å². The van der Waals surface area contributed by atoms with Gasteiger partial charge in [0, 0.05) is 11.3 Å². The molecule has 0 spiro atoms. The summed E-state index contributed by atoms with van der Waals surface area (Å²) in [6, 6.07) is 7.23. The highest BCUT2D eigenvalue weighted by molar-refractivity contribution is 14.1. The molecule has 5 nitrogen and oxygen atoms in total. The minimum Gasteiger partial charge on any atom is -0.328 e. The van der Waals surface area contributed by atoms with Gasteiger partial charge in [0.1, 0.15) is 5.01 Å². The Morgan fingerprint density at radius 3 is 2.88 bits per heavy atom. The van der Waals surface area contributed by atoms with Crippen LogP contribution in [0.3, 0.4) is 0 Å². The number of halogens is 1. The number of nitrogens with one attached hydrogen (secondary N) is 2. The van der Waals surface area contributed by atoms with Crippen molar-refractivity contribution in [1.29, 1.82) is 0 Å². The Kier molecular flexibility index (Phi) is 3.89. The molecule has 1 heterocycles. The van der Waals surface area contributed by atoms with Gasteiger partial charge in [-0.3, -0.25) is 10.1 Å². The Morgan fingerprint density at radius 2 is 2.24 bits per heavy atom. The van der Waals surface area contributed by atoms with Gasteiger partial charge in [0.25, 0.3) is 5.91 Å². The molecular formula is C10H9IN4OS. The molecule has 7 heteroatoms. The maximum Gasteiger partial charge on any atom is 0.257 e. The van der Waals surface area contributed by atoms with Crippen LogP contribution < -0.4 is 8.85 Å². The zero-order valence-corrected chi connectivity index (χ0v) is 11.9. The summed E-state index contributed by atoms with van der Waals surface area (Å²) < 4.78 is 2.95. The summed E-state index contributed by atoms with van der Waals surface area (Å²) in [5.41, 5.74) is 1.46. The maximum absolute atomic E-state index is 11.9. The van der Waals surface area contributed by atoms with Crippen molar-refractivity contribution in [3.63, 3.8) is 0 Å². The average Bonchev–Trinajstić information content (AvgIpc) is 2.75. The molecule has 0 aliphatic heterocycles. The van der Waals surface area contributed by atoms with Crippen LogP contribution >= 0.6 is 34.2 Å². The number of carbonyl (C=O) groups is 1. The number of benzene rings is 1. The number of rotatable bonds is 3. The highest BCUT2D eigenvalue weighted by Crippen LogP contribution is 2.17. The van der Waals surface area contributed by atoms with E-state index >= 15 is 0 Å². The van der Waals surface area contributed by atoms with E-state index in [4.69, 9.17) is 0 Å². The topological polar surface area (TPSA) is 66.9 Å². The highest BCUT2D eigenvalue weighted by Gasteiger charge is 2.09. The molecule has 17 heavy (non-hydrogen) atoms. The lowest BCUT2D eigenvalue weighted by molar-refractivity contribution is 0.102. The molecule has 0 saturated heterocycles. The number of amides is 1. The van der Waals surface area contributed by atoms with Gasteiger partial charge in [-0.25, -0.2) is 0 Å². The van der Waals surface area contributed by atoms with E-state index in [0.29, 0.717) is 10.7 Å². The number of aromatic nitrogens is 2. The molecule has 2 aromatic rings. The highest BCUT2D eigenvalue weighted by atomic mass is 127. The third-order valence-electron chi connectivity index (χ3n) is 1.98. The van der Waals surface area contributed by atoms with Crippen LogP contribution in [0.1, 0.15) is 15.4 Å². The van der Waals surface area contributed by atoms with E-state index in [2.05, 4.69) is 19.0 Å². The van der Waals surface area contributed by atoms with Gasteiger partial charge in [-0.05, 0) is 25.1 Å². The molecular weight excluding hydrogens is 351 g/mol. The van der Waals surface area contributed by atoms with E-state index in [0.717, 1.165) is 10.7 Å². The first-order valence-corrected chi connectivity index (χ1v) is 6.67. The Labute approximate surface area is 116 Å². The Hall–Kier alpha value is -1.22. The molecule has 1 aromatic carbocycles. The number of carbonyl (C=O) groups excluding carboxylic acids is 1. The molecule has 1 aromatic heterocycles. The molecule has 0 fully saturated rings. The standard InChI is InChI=1S/C10H9IN4OS/c1-6-14-15-10(17-6)12-9(16)7-3-2-4-8(5-7)13-11/h2-5,13H,1H3,(H,12,15,16). The molecule has 0 atom stereocenters. The zero-order valence-electron chi connectivity index (χ0n) is 8.90. The van der Waals surface area contributed by atoms with Crippen molar-refractivity contribution >= 4 is 50.9 Å². The zero-order chi connectivity index (χ0) is 12.3. The third kappa shape index (κ3) is 3.13. The van der Waals surface area contributed by atoms with E-state index in [1.54, 1.807) is 12.1 Å². The molecule has 0 saturated carbocycles. The predicted octanol–water partition coefficient (Wildman–Crippen LogP) is 2.86. The van der Waals surface area contributed by atoms with Crippen molar-refractivity contribution in [3.05, 3.63) is 34.8 Å². The van der Waals surface area contributed by atoms with Gasteiger partial charge in [-0.15, -0.1) is 10.2 Å². The van der Waals surface area contributed by atoms with Crippen LogP contribution in [-0.4, -0.2) is 16.1 Å². The van der Waals surface area contributed by atoms with Gasteiger partial charge in [0.15, 0.2) is 0 Å². The molecule has 0 aliphatic rings. The average molecular weight is 360 g/mol. The van der Waals surface area contributed by atoms with Crippen molar-refractivity contribution in [1.82, 2.24) is 10.2 Å². The summed E-state index contributed by atoms with van der Waals surface area (Å²) in [6.07, 6.45) is 0. The molecule has 88 valence electrons.